The lowest BCUT2D eigenvalue weighted by Gasteiger charge is -2.22. The van der Waals surface area contributed by atoms with Gasteiger partial charge in [-0.3, -0.25) is 9.59 Å². The number of furan rings is 1. The van der Waals surface area contributed by atoms with Crippen molar-refractivity contribution in [3.05, 3.63) is 106 Å². The predicted molar refractivity (Wildman–Crippen MR) is 108 cm³/mol. The van der Waals surface area contributed by atoms with Crippen molar-refractivity contribution in [3.63, 3.8) is 0 Å². The molecule has 0 bridgehead atoms. The molecule has 0 radical (unpaired) electrons. The Balaban J connectivity index is 1.59. The molecular weight excluding hydrogens is 352 g/mol. The molecule has 5 nitrogen and oxygen atoms in total. The summed E-state index contributed by atoms with van der Waals surface area (Å²) in [5, 5.41) is 0.908. The number of carbonyl (C=O) groups is 1. The van der Waals surface area contributed by atoms with Crippen LogP contribution >= 0.6 is 0 Å². The van der Waals surface area contributed by atoms with Gasteiger partial charge in [0.05, 0.1) is 19.2 Å². The van der Waals surface area contributed by atoms with Gasteiger partial charge in [0, 0.05) is 17.6 Å². The van der Waals surface area contributed by atoms with Crippen LogP contribution in [0.1, 0.15) is 16.9 Å². The maximum Gasteiger partial charge on any atom is 0.252 e. The number of para-hydroxylation sites is 1. The monoisotopic (exact) mass is 372 g/mol. The number of benzene rings is 2. The average Bonchev–Trinajstić information content (AvgIpc) is 3.22. The van der Waals surface area contributed by atoms with Crippen LogP contribution in [0.15, 0.2) is 88.3 Å². The number of amides is 1. The van der Waals surface area contributed by atoms with E-state index in [-0.39, 0.29) is 17.9 Å². The van der Waals surface area contributed by atoms with Gasteiger partial charge in [0.1, 0.15) is 5.76 Å². The summed E-state index contributed by atoms with van der Waals surface area (Å²) >= 11 is 0. The molecule has 0 atom stereocenters. The molecule has 0 fully saturated rings. The number of aromatic amines is 1. The normalized spacial score (nSPS) is 10.9. The predicted octanol–water partition coefficient (Wildman–Crippen LogP) is 3.89. The van der Waals surface area contributed by atoms with E-state index in [0.29, 0.717) is 24.4 Å². The Hall–Kier alpha value is -3.60. The summed E-state index contributed by atoms with van der Waals surface area (Å²) in [5.74, 6) is 0.581. The van der Waals surface area contributed by atoms with E-state index in [2.05, 4.69) is 4.98 Å². The second-order valence-corrected chi connectivity index (χ2v) is 6.70. The first-order valence-corrected chi connectivity index (χ1v) is 9.14. The van der Waals surface area contributed by atoms with Crippen LogP contribution in [0.4, 0.5) is 0 Å². The van der Waals surface area contributed by atoms with E-state index in [4.69, 9.17) is 4.42 Å². The second-order valence-electron chi connectivity index (χ2n) is 6.70. The Morgan fingerprint density at radius 3 is 2.50 bits per heavy atom. The summed E-state index contributed by atoms with van der Waals surface area (Å²) in [5.41, 5.74) is 2.01. The highest BCUT2D eigenvalue weighted by Gasteiger charge is 2.18. The lowest BCUT2D eigenvalue weighted by atomic mass is 10.1. The molecule has 0 saturated heterocycles. The van der Waals surface area contributed by atoms with Gasteiger partial charge in [-0.25, -0.2) is 0 Å². The minimum atomic E-state index is -0.232. The SMILES string of the molecule is O=C(Cc1cc2ccccc2[nH]c1=O)N(Cc1ccccc1)Cc1ccco1. The van der Waals surface area contributed by atoms with E-state index < -0.39 is 0 Å². The van der Waals surface area contributed by atoms with Crippen LogP contribution in [-0.2, 0) is 24.3 Å². The Labute approximate surface area is 162 Å². The van der Waals surface area contributed by atoms with Gasteiger partial charge in [0.25, 0.3) is 5.56 Å². The van der Waals surface area contributed by atoms with Crippen molar-refractivity contribution < 1.29 is 9.21 Å². The van der Waals surface area contributed by atoms with Gasteiger partial charge in [0.15, 0.2) is 0 Å². The van der Waals surface area contributed by atoms with Crippen LogP contribution in [0.25, 0.3) is 10.9 Å². The lowest BCUT2D eigenvalue weighted by molar-refractivity contribution is -0.132. The van der Waals surface area contributed by atoms with Crippen molar-refractivity contribution in [2.45, 2.75) is 19.5 Å². The van der Waals surface area contributed by atoms with E-state index in [1.807, 2.05) is 60.7 Å². The first-order valence-electron chi connectivity index (χ1n) is 9.14. The number of H-pyrrole nitrogens is 1. The molecule has 1 amide bonds. The number of hydrogen-bond acceptors (Lipinski definition) is 3. The van der Waals surface area contributed by atoms with E-state index in [1.165, 1.54) is 0 Å². The Morgan fingerprint density at radius 1 is 0.929 bits per heavy atom. The molecule has 2 aromatic heterocycles. The van der Waals surface area contributed by atoms with Gasteiger partial charge >= 0.3 is 0 Å². The highest BCUT2D eigenvalue weighted by Crippen LogP contribution is 2.14. The number of fused-ring (bicyclic) bond motifs is 1. The zero-order valence-electron chi connectivity index (χ0n) is 15.3. The maximum atomic E-state index is 13.1. The van der Waals surface area contributed by atoms with E-state index in [9.17, 15) is 9.59 Å². The van der Waals surface area contributed by atoms with Gasteiger partial charge in [-0.1, -0.05) is 48.5 Å². The molecule has 0 aliphatic heterocycles. The number of carbonyl (C=O) groups excluding carboxylic acids is 1. The van der Waals surface area contributed by atoms with Gasteiger partial charge in [0.2, 0.25) is 5.91 Å². The third-order valence-electron chi connectivity index (χ3n) is 4.67. The Bertz CT molecular complexity index is 1130. The summed E-state index contributed by atoms with van der Waals surface area (Å²) < 4.78 is 5.42. The summed E-state index contributed by atoms with van der Waals surface area (Å²) in [6, 6.07) is 22.8. The van der Waals surface area contributed by atoms with Crippen LogP contribution in [0.5, 0.6) is 0 Å². The van der Waals surface area contributed by atoms with Crippen molar-refractivity contribution in [1.29, 1.82) is 0 Å². The first kappa shape index (κ1) is 17.8. The number of rotatable bonds is 6. The molecule has 5 heteroatoms. The van der Waals surface area contributed by atoms with Crippen molar-refractivity contribution in [3.8, 4) is 0 Å². The fourth-order valence-corrected chi connectivity index (χ4v) is 3.23. The fourth-order valence-electron chi connectivity index (χ4n) is 3.23. The topological polar surface area (TPSA) is 66.3 Å². The molecule has 2 heterocycles. The van der Waals surface area contributed by atoms with Crippen LogP contribution in [0.2, 0.25) is 0 Å². The molecule has 1 N–H and O–H groups in total. The average molecular weight is 372 g/mol. The third-order valence-corrected chi connectivity index (χ3v) is 4.67. The summed E-state index contributed by atoms with van der Waals surface area (Å²) in [4.78, 5) is 30.0. The molecule has 0 aliphatic rings. The Kier molecular flexibility index (Phi) is 5.06. The fraction of sp³-hybridized carbons (Fsp3) is 0.130. The summed E-state index contributed by atoms with van der Waals surface area (Å²) in [6.07, 6.45) is 1.63. The molecule has 4 aromatic rings. The molecule has 0 saturated carbocycles. The number of pyridine rings is 1. The van der Waals surface area contributed by atoms with Crippen LogP contribution in [0, 0.1) is 0 Å². The highest BCUT2D eigenvalue weighted by atomic mass is 16.3. The molecule has 0 unspecified atom stereocenters. The second kappa shape index (κ2) is 7.96. The van der Waals surface area contributed by atoms with Crippen LogP contribution < -0.4 is 5.56 Å². The highest BCUT2D eigenvalue weighted by molar-refractivity contribution is 5.82. The van der Waals surface area contributed by atoms with E-state index in [0.717, 1.165) is 16.5 Å². The smallest absolute Gasteiger partial charge is 0.252 e. The van der Waals surface area contributed by atoms with Crippen LogP contribution in [0.3, 0.4) is 0 Å². The molecule has 28 heavy (non-hydrogen) atoms. The number of nitrogens with one attached hydrogen (secondary N) is 1. The number of aromatic nitrogens is 1. The molecule has 0 spiro atoms. The molecular formula is C23H20N2O3. The van der Waals surface area contributed by atoms with Crippen molar-refractivity contribution >= 4 is 16.8 Å². The van der Waals surface area contributed by atoms with E-state index in [1.54, 1.807) is 23.3 Å². The van der Waals surface area contributed by atoms with Crippen molar-refractivity contribution in [2.75, 3.05) is 0 Å². The standard InChI is InChI=1S/C23H20N2O3/c26-22(14-19-13-18-9-4-5-11-21(18)24-23(19)27)25(16-20-10-6-12-28-20)15-17-7-2-1-3-8-17/h1-13H,14-16H2,(H,24,27). The minimum absolute atomic E-state index is 0.0354. The molecule has 140 valence electrons. The van der Waals surface area contributed by atoms with Gasteiger partial charge in [-0.05, 0) is 35.2 Å². The van der Waals surface area contributed by atoms with Crippen molar-refractivity contribution in [1.82, 2.24) is 9.88 Å². The van der Waals surface area contributed by atoms with Gasteiger partial charge in [-0.15, -0.1) is 0 Å². The quantitative estimate of drug-likeness (QED) is 0.558. The lowest BCUT2D eigenvalue weighted by Crippen LogP contribution is -2.32. The number of nitrogens with zero attached hydrogens (tertiary/aromatic N) is 1. The molecule has 0 aliphatic carbocycles. The zero-order chi connectivity index (χ0) is 19.3. The molecule has 4 rings (SSSR count). The summed E-state index contributed by atoms with van der Waals surface area (Å²) in [7, 11) is 0. The zero-order valence-corrected chi connectivity index (χ0v) is 15.3. The Morgan fingerprint density at radius 2 is 1.71 bits per heavy atom. The van der Waals surface area contributed by atoms with Crippen molar-refractivity contribution in [2.24, 2.45) is 0 Å². The van der Waals surface area contributed by atoms with Gasteiger partial charge < -0.3 is 14.3 Å². The van der Waals surface area contributed by atoms with E-state index >= 15 is 0 Å². The van der Waals surface area contributed by atoms with Crippen LogP contribution in [-0.4, -0.2) is 15.8 Å². The first-order chi connectivity index (χ1) is 13.7. The largest absolute Gasteiger partial charge is 0.467 e. The summed E-state index contributed by atoms with van der Waals surface area (Å²) in [6.45, 7) is 0.804. The maximum absolute atomic E-state index is 13.1. The minimum Gasteiger partial charge on any atom is -0.467 e. The van der Waals surface area contributed by atoms with Gasteiger partial charge in [-0.2, -0.15) is 0 Å². The molecule has 2 aromatic carbocycles. The number of hydrogen-bond donors (Lipinski definition) is 1. The third kappa shape index (κ3) is 4.04.